The summed E-state index contributed by atoms with van der Waals surface area (Å²) in [7, 11) is 1.64. The minimum Gasteiger partial charge on any atom is -0.497 e. The van der Waals surface area contributed by atoms with E-state index in [1.165, 1.54) is 0 Å². The molecule has 154 valence electrons. The van der Waals surface area contributed by atoms with E-state index >= 15 is 0 Å². The lowest BCUT2D eigenvalue weighted by Gasteiger charge is -2.09. The number of ether oxygens (including phenoxy) is 1. The molecular formula is C20H30IN5O2. The van der Waals surface area contributed by atoms with Crippen LogP contribution in [0.25, 0.3) is 11.4 Å². The van der Waals surface area contributed by atoms with Crippen LogP contribution in [0.4, 0.5) is 0 Å². The highest BCUT2D eigenvalue weighted by atomic mass is 127. The summed E-state index contributed by atoms with van der Waals surface area (Å²) in [6, 6.07) is 7.62. The molecule has 7 nitrogen and oxygen atoms in total. The molecule has 2 aromatic rings. The second-order valence-corrected chi connectivity index (χ2v) is 5.98. The third-order valence-electron chi connectivity index (χ3n) is 3.89. The fourth-order valence-electron chi connectivity index (χ4n) is 2.48. The number of halogens is 1. The Morgan fingerprint density at radius 3 is 2.68 bits per heavy atom. The highest BCUT2D eigenvalue weighted by Crippen LogP contribution is 2.20. The minimum atomic E-state index is 0. The lowest BCUT2D eigenvalue weighted by Crippen LogP contribution is -2.37. The first-order chi connectivity index (χ1) is 13.3. The molecule has 1 aromatic carbocycles. The molecule has 1 aromatic heterocycles. The Balaban J connectivity index is 0.00000392. The molecule has 0 unspecified atom stereocenters. The van der Waals surface area contributed by atoms with E-state index in [0.29, 0.717) is 18.3 Å². The Bertz CT molecular complexity index is 716. The predicted molar refractivity (Wildman–Crippen MR) is 123 cm³/mol. The number of methoxy groups -OCH3 is 1. The fourth-order valence-corrected chi connectivity index (χ4v) is 2.48. The van der Waals surface area contributed by atoms with Gasteiger partial charge in [-0.25, -0.2) is 0 Å². The second kappa shape index (κ2) is 14.0. The van der Waals surface area contributed by atoms with E-state index in [-0.39, 0.29) is 24.0 Å². The number of rotatable bonds is 11. The molecule has 1 heterocycles. The predicted octanol–water partition coefficient (Wildman–Crippen LogP) is 3.82. The van der Waals surface area contributed by atoms with Crippen molar-refractivity contribution in [2.75, 3.05) is 26.7 Å². The van der Waals surface area contributed by atoms with Crippen molar-refractivity contribution in [3.05, 3.63) is 42.8 Å². The van der Waals surface area contributed by atoms with E-state index in [4.69, 9.17) is 9.26 Å². The van der Waals surface area contributed by atoms with Gasteiger partial charge < -0.3 is 19.9 Å². The first-order valence-electron chi connectivity index (χ1n) is 9.37. The molecule has 0 aliphatic heterocycles. The van der Waals surface area contributed by atoms with Gasteiger partial charge in [-0.05, 0) is 44.0 Å². The van der Waals surface area contributed by atoms with E-state index in [1.807, 2.05) is 30.3 Å². The van der Waals surface area contributed by atoms with Crippen LogP contribution in [0.2, 0.25) is 0 Å². The van der Waals surface area contributed by atoms with E-state index in [0.717, 1.165) is 56.0 Å². The number of guanidine groups is 1. The molecule has 0 saturated heterocycles. The van der Waals surface area contributed by atoms with Gasteiger partial charge in [0.25, 0.3) is 0 Å². The van der Waals surface area contributed by atoms with Crippen molar-refractivity contribution in [3.63, 3.8) is 0 Å². The van der Waals surface area contributed by atoms with Gasteiger partial charge in [-0.2, -0.15) is 4.98 Å². The SMILES string of the molecule is C=CCNC(=NCCCCCc1nc(-c2ccc(OC)cc2)no1)NCC.I. The van der Waals surface area contributed by atoms with Gasteiger partial charge in [-0.15, -0.1) is 30.6 Å². The van der Waals surface area contributed by atoms with Gasteiger partial charge >= 0.3 is 0 Å². The van der Waals surface area contributed by atoms with Crippen molar-refractivity contribution in [1.82, 2.24) is 20.8 Å². The van der Waals surface area contributed by atoms with E-state index < -0.39 is 0 Å². The monoisotopic (exact) mass is 499 g/mol. The maximum absolute atomic E-state index is 5.35. The molecule has 0 atom stereocenters. The van der Waals surface area contributed by atoms with Crippen LogP contribution in [-0.4, -0.2) is 42.8 Å². The van der Waals surface area contributed by atoms with E-state index in [2.05, 4.69) is 39.3 Å². The molecule has 0 spiro atoms. The lowest BCUT2D eigenvalue weighted by atomic mass is 10.2. The molecule has 2 N–H and O–H groups in total. The highest BCUT2D eigenvalue weighted by Gasteiger charge is 2.08. The summed E-state index contributed by atoms with van der Waals surface area (Å²) >= 11 is 0. The first kappa shape index (κ1) is 23.9. The number of aliphatic imine (C=N–C) groups is 1. The largest absolute Gasteiger partial charge is 0.497 e. The van der Waals surface area contributed by atoms with Gasteiger partial charge in [0.1, 0.15) is 5.75 Å². The van der Waals surface area contributed by atoms with Crippen LogP contribution in [-0.2, 0) is 6.42 Å². The van der Waals surface area contributed by atoms with Gasteiger partial charge in [0.05, 0.1) is 7.11 Å². The van der Waals surface area contributed by atoms with Crippen LogP contribution >= 0.6 is 24.0 Å². The number of nitrogens with one attached hydrogen (secondary N) is 2. The topological polar surface area (TPSA) is 84.6 Å². The average Bonchev–Trinajstić information content (AvgIpc) is 3.17. The minimum absolute atomic E-state index is 0. The van der Waals surface area contributed by atoms with Crippen molar-refractivity contribution in [2.24, 2.45) is 4.99 Å². The van der Waals surface area contributed by atoms with Gasteiger partial charge in [-0.3, -0.25) is 4.99 Å². The van der Waals surface area contributed by atoms with Gasteiger partial charge in [0, 0.05) is 31.6 Å². The number of unbranched alkanes of at least 4 members (excludes halogenated alkanes) is 2. The standard InChI is InChI=1S/C20H29N5O2.HI/c1-4-14-22-20(21-5-2)23-15-8-6-7-9-18-24-19(25-27-18)16-10-12-17(26-3)13-11-16;/h4,10-13H,1,5-9,14-15H2,2-3H3,(H2,21,22,23);1H. The molecule has 0 fully saturated rings. The molecule has 2 rings (SSSR count). The summed E-state index contributed by atoms with van der Waals surface area (Å²) in [6.07, 6.45) is 5.67. The zero-order valence-electron chi connectivity index (χ0n) is 16.6. The highest BCUT2D eigenvalue weighted by molar-refractivity contribution is 14.0. The summed E-state index contributed by atoms with van der Waals surface area (Å²) in [6.45, 7) is 8.09. The Labute approximate surface area is 184 Å². The molecule has 28 heavy (non-hydrogen) atoms. The number of hydrogen-bond acceptors (Lipinski definition) is 5. The van der Waals surface area contributed by atoms with Crippen molar-refractivity contribution in [3.8, 4) is 17.1 Å². The number of aryl methyl sites for hydroxylation is 1. The Morgan fingerprint density at radius 2 is 2.00 bits per heavy atom. The molecule has 0 saturated carbocycles. The number of nitrogens with zero attached hydrogens (tertiary/aromatic N) is 3. The Kier molecular flexibility index (Phi) is 11.9. The Morgan fingerprint density at radius 1 is 1.21 bits per heavy atom. The van der Waals surface area contributed by atoms with Crippen LogP contribution < -0.4 is 15.4 Å². The molecule has 0 amide bonds. The molecule has 0 bridgehead atoms. The maximum atomic E-state index is 5.35. The Hall–Kier alpha value is -2.10. The smallest absolute Gasteiger partial charge is 0.226 e. The maximum Gasteiger partial charge on any atom is 0.226 e. The normalized spacial score (nSPS) is 10.9. The summed E-state index contributed by atoms with van der Waals surface area (Å²) in [5.74, 6) is 2.92. The van der Waals surface area contributed by atoms with Crippen LogP contribution in [0.5, 0.6) is 5.75 Å². The van der Waals surface area contributed by atoms with Crippen LogP contribution in [0.15, 0.2) is 46.4 Å². The van der Waals surface area contributed by atoms with Crippen LogP contribution in [0.1, 0.15) is 32.1 Å². The zero-order valence-corrected chi connectivity index (χ0v) is 18.9. The number of benzene rings is 1. The van der Waals surface area contributed by atoms with Crippen LogP contribution in [0, 0.1) is 0 Å². The summed E-state index contributed by atoms with van der Waals surface area (Å²) in [4.78, 5) is 9.00. The molecular weight excluding hydrogens is 469 g/mol. The van der Waals surface area contributed by atoms with E-state index in [9.17, 15) is 0 Å². The first-order valence-corrected chi connectivity index (χ1v) is 9.37. The molecule has 8 heteroatoms. The third-order valence-corrected chi connectivity index (χ3v) is 3.89. The lowest BCUT2D eigenvalue weighted by molar-refractivity contribution is 0.374. The third kappa shape index (κ3) is 8.28. The zero-order chi connectivity index (χ0) is 19.3. The van der Waals surface area contributed by atoms with E-state index in [1.54, 1.807) is 7.11 Å². The number of hydrogen-bond donors (Lipinski definition) is 2. The summed E-state index contributed by atoms with van der Waals surface area (Å²) in [5.41, 5.74) is 0.920. The molecule has 0 aliphatic carbocycles. The van der Waals surface area contributed by atoms with Crippen molar-refractivity contribution >= 4 is 29.9 Å². The van der Waals surface area contributed by atoms with Crippen molar-refractivity contribution in [1.29, 1.82) is 0 Å². The van der Waals surface area contributed by atoms with Crippen LogP contribution in [0.3, 0.4) is 0 Å². The van der Waals surface area contributed by atoms with Crippen molar-refractivity contribution in [2.45, 2.75) is 32.6 Å². The van der Waals surface area contributed by atoms with Gasteiger partial charge in [0.2, 0.25) is 11.7 Å². The average molecular weight is 499 g/mol. The molecule has 0 radical (unpaired) electrons. The van der Waals surface area contributed by atoms with Gasteiger partial charge in [-0.1, -0.05) is 17.7 Å². The number of aromatic nitrogens is 2. The second-order valence-electron chi connectivity index (χ2n) is 5.98. The fraction of sp³-hybridized carbons (Fsp3) is 0.450. The molecule has 0 aliphatic rings. The summed E-state index contributed by atoms with van der Waals surface area (Å²) < 4.78 is 10.5. The van der Waals surface area contributed by atoms with Gasteiger partial charge in [0.15, 0.2) is 5.96 Å². The summed E-state index contributed by atoms with van der Waals surface area (Å²) in [5, 5.41) is 10.5. The van der Waals surface area contributed by atoms with Crippen molar-refractivity contribution < 1.29 is 9.26 Å². The quantitative estimate of drug-likeness (QED) is 0.161.